The van der Waals surface area contributed by atoms with E-state index in [1.807, 2.05) is 58.3 Å². The van der Waals surface area contributed by atoms with E-state index in [9.17, 15) is 4.39 Å². The van der Waals surface area contributed by atoms with Crippen LogP contribution in [0, 0.1) is 12.7 Å². The lowest BCUT2D eigenvalue weighted by atomic mass is 9.95. The maximum atomic E-state index is 14.3. The molecule has 2 aromatic carbocycles. The molecule has 0 amide bonds. The second-order valence-electron chi connectivity index (χ2n) is 5.89. The fourth-order valence-corrected chi connectivity index (χ4v) is 2.77. The summed E-state index contributed by atoms with van der Waals surface area (Å²) in [6, 6.07) is 9.60. The Morgan fingerprint density at radius 1 is 1.14 bits per heavy atom. The van der Waals surface area contributed by atoms with Crippen LogP contribution in [0.25, 0.3) is 22.0 Å². The van der Waals surface area contributed by atoms with E-state index in [1.165, 1.54) is 0 Å². The summed E-state index contributed by atoms with van der Waals surface area (Å²) in [7, 11) is 1.91. The van der Waals surface area contributed by atoms with Gasteiger partial charge in [-0.3, -0.25) is 4.68 Å². The summed E-state index contributed by atoms with van der Waals surface area (Å²) in [6.45, 7) is 6.05. The van der Waals surface area contributed by atoms with Crippen molar-refractivity contribution in [3.63, 3.8) is 0 Å². The van der Waals surface area contributed by atoms with Gasteiger partial charge in [0.15, 0.2) is 0 Å². The van der Waals surface area contributed by atoms with Crippen LogP contribution in [-0.4, -0.2) is 9.78 Å². The zero-order chi connectivity index (χ0) is 15.1. The van der Waals surface area contributed by atoms with Gasteiger partial charge >= 0.3 is 0 Å². The highest BCUT2D eigenvalue weighted by Gasteiger charge is 2.12. The number of aryl methyl sites for hydroxylation is 2. The molecule has 0 N–H and O–H groups in total. The molecule has 108 valence electrons. The second kappa shape index (κ2) is 4.99. The highest BCUT2D eigenvalue weighted by Crippen LogP contribution is 2.32. The number of aromatic nitrogens is 2. The lowest BCUT2D eigenvalue weighted by Gasteiger charge is -2.10. The third-order valence-corrected chi connectivity index (χ3v) is 3.93. The predicted molar refractivity (Wildman–Crippen MR) is 84.9 cm³/mol. The van der Waals surface area contributed by atoms with Crippen molar-refractivity contribution in [3.05, 3.63) is 53.5 Å². The summed E-state index contributed by atoms with van der Waals surface area (Å²) in [5.74, 6) is 0.0515. The van der Waals surface area contributed by atoms with E-state index in [0.717, 1.165) is 33.2 Å². The molecule has 2 nitrogen and oxygen atoms in total. The summed E-state index contributed by atoms with van der Waals surface area (Å²) in [6.07, 6.45) is 1.99. The van der Waals surface area contributed by atoms with Crippen LogP contribution in [0.15, 0.2) is 36.5 Å². The number of halogens is 1. The first-order valence-corrected chi connectivity index (χ1v) is 7.20. The molecule has 21 heavy (non-hydrogen) atoms. The summed E-state index contributed by atoms with van der Waals surface area (Å²) < 4.78 is 16.1. The fourth-order valence-electron chi connectivity index (χ4n) is 2.77. The Labute approximate surface area is 124 Å². The highest BCUT2D eigenvalue weighted by atomic mass is 19.1. The van der Waals surface area contributed by atoms with Gasteiger partial charge in [0, 0.05) is 18.6 Å². The molecule has 0 saturated carbocycles. The summed E-state index contributed by atoms with van der Waals surface area (Å²) >= 11 is 0. The topological polar surface area (TPSA) is 17.8 Å². The number of nitrogens with zero attached hydrogens (tertiary/aromatic N) is 2. The molecule has 1 aromatic heterocycles. The third kappa shape index (κ3) is 2.33. The maximum Gasteiger partial charge on any atom is 0.127 e. The van der Waals surface area contributed by atoms with Gasteiger partial charge in [0.2, 0.25) is 0 Å². The summed E-state index contributed by atoms with van der Waals surface area (Å²) in [5.41, 5.74) is 4.79. The minimum atomic E-state index is -0.139. The second-order valence-corrected chi connectivity index (χ2v) is 5.89. The van der Waals surface area contributed by atoms with Gasteiger partial charge in [-0.05, 0) is 41.2 Å². The van der Waals surface area contributed by atoms with Gasteiger partial charge in [-0.1, -0.05) is 38.1 Å². The van der Waals surface area contributed by atoms with Crippen molar-refractivity contribution in [2.24, 2.45) is 7.05 Å². The first kappa shape index (κ1) is 13.8. The summed E-state index contributed by atoms with van der Waals surface area (Å²) in [5, 5.41) is 5.55. The van der Waals surface area contributed by atoms with Crippen LogP contribution < -0.4 is 0 Å². The zero-order valence-corrected chi connectivity index (χ0v) is 12.8. The van der Waals surface area contributed by atoms with E-state index in [2.05, 4.69) is 5.10 Å². The molecule has 0 fully saturated rings. The molecule has 0 unspecified atom stereocenters. The van der Waals surface area contributed by atoms with Gasteiger partial charge in [0.1, 0.15) is 5.82 Å². The molecule has 3 aromatic rings. The van der Waals surface area contributed by atoms with E-state index in [4.69, 9.17) is 0 Å². The van der Waals surface area contributed by atoms with Crippen LogP contribution in [0.5, 0.6) is 0 Å². The highest BCUT2D eigenvalue weighted by molar-refractivity contribution is 5.96. The minimum absolute atomic E-state index is 0.139. The SMILES string of the molecule is Cc1ccc(-c2ccc(C(C)C)c(F)c2)c2cn(C)nc12. The molecular weight excluding hydrogens is 263 g/mol. The van der Waals surface area contributed by atoms with Gasteiger partial charge in [-0.2, -0.15) is 5.10 Å². The average Bonchev–Trinajstić information content (AvgIpc) is 2.81. The van der Waals surface area contributed by atoms with Gasteiger partial charge in [0.25, 0.3) is 0 Å². The van der Waals surface area contributed by atoms with Crippen molar-refractivity contribution in [3.8, 4) is 11.1 Å². The quantitative estimate of drug-likeness (QED) is 0.659. The van der Waals surface area contributed by atoms with Crippen LogP contribution in [0.4, 0.5) is 4.39 Å². The first-order valence-electron chi connectivity index (χ1n) is 7.20. The number of hydrogen-bond donors (Lipinski definition) is 0. The van der Waals surface area contributed by atoms with Crippen molar-refractivity contribution < 1.29 is 4.39 Å². The Bertz CT molecular complexity index is 815. The van der Waals surface area contributed by atoms with Crippen molar-refractivity contribution in [2.45, 2.75) is 26.7 Å². The fraction of sp³-hybridized carbons (Fsp3) is 0.278. The number of rotatable bonds is 2. The van der Waals surface area contributed by atoms with Crippen LogP contribution in [0.1, 0.15) is 30.9 Å². The van der Waals surface area contributed by atoms with Gasteiger partial charge < -0.3 is 0 Å². The van der Waals surface area contributed by atoms with Gasteiger partial charge in [0.05, 0.1) is 5.52 Å². The smallest absolute Gasteiger partial charge is 0.127 e. The van der Waals surface area contributed by atoms with Crippen LogP contribution in [0.3, 0.4) is 0 Å². The lowest BCUT2D eigenvalue weighted by molar-refractivity contribution is 0.599. The third-order valence-electron chi connectivity index (χ3n) is 3.93. The molecule has 3 rings (SSSR count). The number of benzene rings is 2. The molecule has 0 aliphatic carbocycles. The standard InChI is InChI=1S/C18H19FN2/c1-11(2)14-8-6-13(9-17(14)19)15-7-5-12(3)18-16(15)10-21(4)20-18/h5-11H,1-4H3. The Kier molecular flexibility index (Phi) is 3.28. The van der Waals surface area contributed by atoms with E-state index in [0.29, 0.717) is 0 Å². The van der Waals surface area contributed by atoms with Crippen LogP contribution >= 0.6 is 0 Å². The maximum absolute atomic E-state index is 14.3. The molecule has 0 aliphatic heterocycles. The molecule has 0 spiro atoms. The van der Waals surface area contributed by atoms with E-state index >= 15 is 0 Å². The number of fused-ring (bicyclic) bond motifs is 1. The van der Waals surface area contributed by atoms with Gasteiger partial charge in [-0.25, -0.2) is 4.39 Å². The lowest BCUT2D eigenvalue weighted by Crippen LogP contribution is -1.93. The largest absolute Gasteiger partial charge is 0.275 e. The molecule has 3 heteroatoms. The molecule has 1 heterocycles. The normalized spacial score (nSPS) is 11.5. The Morgan fingerprint density at radius 2 is 1.90 bits per heavy atom. The zero-order valence-electron chi connectivity index (χ0n) is 12.8. The first-order chi connectivity index (χ1) is 9.97. The van der Waals surface area contributed by atoms with Gasteiger partial charge in [-0.15, -0.1) is 0 Å². The molecule has 0 bridgehead atoms. The van der Waals surface area contributed by atoms with Crippen LogP contribution in [0.2, 0.25) is 0 Å². The van der Waals surface area contributed by atoms with Crippen molar-refractivity contribution in [1.29, 1.82) is 0 Å². The Morgan fingerprint density at radius 3 is 2.57 bits per heavy atom. The predicted octanol–water partition coefficient (Wildman–Crippen LogP) is 4.81. The minimum Gasteiger partial charge on any atom is -0.275 e. The molecule has 0 saturated heterocycles. The molecular formula is C18H19FN2. The van der Waals surface area contributed by atoms with E-state index in [-0.39, 0.29) is 11.7 Å². The van der Waals surface area contributed by atoms with E-state index in [1.54, 1.807) is 10.7 Å². The van der Waals surface area contributed by atoms with Crippen molar-refractivity contribution in [1.82, 2.24) is 9.78 Å². The molecule has 0 atom stereocenters. The Hall–Kier alpha value is -2.16. The Balaban J connectivity index is 2.21. The number of hydrogen-bond acceptors (Lipinski definition) is 1. The van der Waals surface area contributed by atoms with Crippen molar-refractivity contribution in [2.75, 3.05) is 0 Å². The molecule has 0 radical (unpaired) electrons. The monoisotopic (exact) mass is 282 g/mol. The molecule has 0 aliphatic rings. The van der Waals surface area contributed by atoms with Crippen molar-refractivity contribution >= 4 is 10.9 Å². The summed E-state index contributed by atoms with van der Waals surface area (Å²) in [4.78, 5) is 0. The van der Waals surface area contributed by atoms with E-state index < -0.39 is 0 Å². The van der Waals surface area contributed by atoms with Crippen LogP contribution in [-0.2, 0) is 7.05 Å². The average molecular weight is 282 g/mol.